The fourth-order valence-electron chi connectivity index (χ4n) is 4.32. The Hall–Kier alpha value is -4.02. The van der Waals surface area contributed by atoms with Gasteiger partial charge in [-0.25, -0.2) is 8.42 Å². The van der Waals surface area contributed by atoms with Crippen molar-refractivity contribution in [1.82, 2.24) is 0 Å². The summed E-state index contributed by atoms with van der Waals surface area (Å²) in [6.07, 6.45) is 0. The molecule has 164 valence electrons. The molecule has 1 unspecified atom stereocenters. The summed E-state index contributed by atoms with van der Waals surface area (Å²) in [5, 5.41) is 9.88. The van der Waals surface area contributed by atoms with Crippen molar-refractivity contribution in [3.05, 3.63) is 117 Å². The van der Waals surface area contributed by atoms with Gasteiger partial charge in [0.1, 0.15) is 16.5 Å². The summed E-state index contributed by atoms with van der Waals surface area (Å²) >= 11 is 0. The maximum atomic E-state index is 14.1. The molecule has 0 aliphatic carbocycles. The monoisotopic (exact) mass is 455 g/mol. The third-order valence-corrected chi connectivity index (χ3v) is 7.82. The molecule has 1 atom stereocenters. The first-order chi connectivity index (χ1) is 15.9. The molecule has 3 aromatic carbocycles. The summed E-state index contributed by atoms with van der Waals surface area (Å²) < 4.78 is 35.5. The van der Waals surface area contributed by atoms with Gasteiger partial charge in [0.15, 0.2) is 5.76 Å². The number of nitrogens with zero attached hydrogens (tertiary/aromatic N) is 2. The number of nitriles is 1. The molecule has 3 aromatic rings. The van der Waals surface area contributed by atoms with Crippen LogP contribution < -0.4 is 10.0 Å². The smallest absolute Gasteiger partial charge is 0.265 e. The molecule has 0 radical (unpaired) electrons. The molecule has 2 N–H and O–H groups in total. The normalized spacial score (nSPS) is 18.8. The Balaban J connectivity index is 1.75. The van der Waals surface area contributed by atoms with Gasteiger partial charge in [-0.1, -0.05) is 72.3 Å². The molecule has 0 fully saturated rings. The highest BCUT2D eigenvalue weighted by atomic mass is 32.2. The Morgan fingerprint density at radius 1 is 1.00 bits per heavy atom. The highest BCUT2D eigenvalue weighted by molar-refractivity contribution is 7.96. The molecule has 0 saturated carbocycles. The highest BCUT2D eigenvalue weighted by Gasteiger charge is 2.47. The van der Waals surface area contributed by atoms with E-state index in [1.54, 1.807) is 24.3 Å². The molecule has 0 saturated heterocycles. The van der Waals surface area contributed by atoms with Gasteiger partial charge >= 0.3 is 0 Å². The lowest BCUT2D eigenvalue weighted by Gasteiger charge is -2.38. The molecule has 2 aliphatic rings. The van der Waals surface area contributed by atoms with Crippen LogP contribution in [0.5, 0.6) is 0 Å². The zero-order valence-corrected chi connectivity index (χ0v) is 18.7. The number of benzene rings is 3. The van der Waals surface area contributed by atoms with Gasteiger partial charge in [-0.15, -0.1) is 0 Å². The zero-order valence-electron chi connectivity index (χ0n) is 17.9. The van der Waals surface area contributed by atoms with Gasteiger partial charge in [-0.05, 0) is 30.2 Å². The van der Waals surface area contributed by atoms with Gasteiger partial charge in [-0.3, -0.25) is 4.31 Å². The number of ether oxygens (including phenoxy) is 1. The number of para-hydroxylation sites is 1. The molecular weight excluding hydrogens is 434 g/mol. The van der Waals surface area contributed by atoms with Crippen LogP contribution in [0, 0.1) is 18.3 Å². The third-order valence-electron chi connectivity index (χ3n) is 5.94. The van der Waals surface area contributed by atoms with Crippen molar-refractivity contribution < 1.29 is 13.2 Å². The van der Waals surface area contributed by atoms with Crippen molar-refractivity contribution in [2.75, 3.05) is 4.31 Å². The number of aryl methyl sites for hydroxylation is 1. The van der Waals surface area contributed by atoms with Crippen LogP contribution in [0.15, 0.2) is 95.2 Å². The van der Waals surface area contributed by atoms with E-state index >= 15 is 0 Å². The van der Waals surface area contributed by atoms with Crippen LogP contribution in [0.1, 0.15) is 28.2 Å². The predicted molar refractivity (Wildman–Crippen MR) is 127 cm³/mol. The van der Waals surface area contributed by atoms with E-state index in [0.29, 0.717) is 16.8 Å². The number of hydrogen-bond acceptors (Lipinski definition) is 5. The van der Waals surface area contributed by atoms with Gasteiger partial charge in [0.05, 0.1) is 18.2 Å². The second-order valence-electron chi connectivity index (χ2n) is 8.04. The van der Waals surface area contributed by atoms with Crippen molar-refractivity contribution in [3.8, 4) is 6.07 Å². The molecule has 6 nitrogen and oxygen atoms in total. The van der Waals surface area contributed by atoms with Crippen LogP contribution >= 0.6 is 0 Å². The molecule has 5 rings (SSSR count). The molecule has 2 heterocycles. The van der Waals surface area contributed by atoms with Crippen LogP contribution in [0.25, 0.3) is 5.76 Å². The van der Waals surface area contributed by atoms with Crippen molar-refractivity contribution in [1.29, 1.82) is 5.26 Å². The van der Waals surface area contributed by atoms with E-state index in [1.807, 2.05) is 61.5 Å². The number of sulfonamides is 1. The highest BCUT2D eigenvalue weighted by Crippen LogP contribution is 2.51. The standard InChI is InChI=1S/C26H21N3O3S/c1-17-11-13-18(14-12-17)16-29-22-10-6-5-9-20(22)24-25(33(29,30)31)23(19-7-3-2-4-8-19)21(15-27)26(28)32-24/h2-14,23H,16,28H2,1H3. The Morgan fingerprint density at radius 3 is 2.36 bits per heavy atom. The van der Waals surface area contributed by atoms with Gasteiger partial charge < -0.3 is 10.5 Å². The minimum absolute atomic E-state index is 0.0326. The molecule has 0 spiro atoms. The van der Waals surface area contributed by atoms with Gasteiger partial charge in [0, 0.05) is 5.56 Å². The van der Waals surface area contributed by atoms with E-state index in [4.69, 9.17) is 10.5 Å². The number of hydrogen-bond donors (Lipinski definition) is 1. The third kappa shape index (κ3) is 3.36. The number of allylic oxidation sites excluding steroid dienone is 2. The molecule has 2 aliphatic heterocycles. The van der Waals surface area contributed by atoms with Gasteiger partial charge in [0.25, 0.3) is 10.0 Å². The SMILES string of the molecule is Cc1ccc(CN2c3ccccc3C3=C(C(c4ccccc4)C(C#N)=C(N)O3)S2(=O)=O)cc1. The van der Waals surface area contributed by atoms with Crippen molar-refractivity contribution in [2.24, 2.45) is 5.73 Å². The minimum Gasteiger partial charge on any atom is -0.439 e. The van der Waals surface area contributed by atoms with Crippen molar-refractivity contribution in [2.45, 2.75) is 19.4 Å². The largest absolute Gasteiger partial charge is 0.439 e. The minimum atomic E-state index is -4.06. The Bertz CT molecular complexity index is 1450. The summed E-state index contributed by atoms with van der Waals surface area (Å²) in [6.45, 7) is 2.14. The molecule has 0 bridgehead atoms. The molecule has 33 heavy (non-hydrogen) atoms. The topological polar surface area (TPSA) is 96.4 Å². The van der Waals surface area contributed by atoms with Crippen LogP contribution in [0.4, 0.5) is 5.69 Å². The van der Waals surface area contributed by atoms with E-state index < -0.39 is 15.9 Å². The van der Waals surface area contributed by atoms with Gasteiger partial charge in [-0.2, -0.15) is 5.26 Å². The quantitative estimate of drug-likeness (QED) is 0.626. The lowest BCUT2D eigenvalue weighted by atomic mass is 9.88. The summed E-state index contributed by atoms with van der Waals surface area (Å²) in [6, 6.07) is 26.1. The van der Waals surface area contributed by atoms with E-state index in [-0.39, 0.29) is 28.7 Å². The summed E-state index contributed by atoms with van der Waals surface area (Å²) in [4.78, 5) is 0.0326. The fraction of sp³-hybridized carbons (Fsp3) is 0.115. The second kappa shape index (κ2) is 7.84. The Kier molecular flexibility index (Phi) is 4.95. The lowest BCUT2D eigenvalue weighted by Crippen LogP contribution is -2.39. The Labute approximate surface area is 192 Å². The average molecular weight is 456 g/mol. The molecular formula is C26H21N3O3S. The summed E-state index contributed by atoms with van der Waals surface area (Å²) in [5.41, 5.74) is 9.95. The van der Waals surface area contributed by atoms with Gasteiger partial charge in [0.2, 0.25) is 5.88 Å². The van der Waals surface area contributed by atoms with E-state index in [1.165, 1.54) is 4.31 Å². The van der Waals surface area contributed by atoms with Crippen LogP contribution in [-0.2, 0) is 21.3 Å². The maximum absolute atomic E-state index is 14.1. The molecule has 7 heteroatoms. The first-order valence-corrected chi connectivity index (χ1v) is 11.9. The van der Waals surface area contributed by atoms with Crippen LogP contribution in [-0.4, -0.2) is 8.42 Å². The van der Waals surface area contributed by atoms with E-state index in [2.05, 4.69) is 6.07 Å². The van der Waals surface area contributed by atoms with E-state index in [9.17, 15) is 13.7 Å². The Morgan fingerprint density at radius 2 is 1.67 bits per heavy atom. The summed E-state index contributed by atoms with van der Waals surface area (Å²) in [5.74, 6) is -0.767. The van der Waals surface area contributed by atoms with Crippen molar-refractivity contribution >= 4 is 21.5 Å². The first kappa shape index (κ1) is 20.9. The first-order valence-electron chi connectivity index (χ1n) is 10.5. The second-order valence-corrected chi connectivity index (χ2v) is 9.87. The fourth-order valence-corrected chi connectivity index (χ4v) is 6.23. The number of anilines is 1. The van der Waals surface area contributed by atoms with Crippen LogP contribution in [0.3, 0.4) is 0 Å². The molecule has 0 aromatic heterocycles. The number of rotatable bonds is 3. The summed E-state index contributed by atoms with van der Waals surface area (Å²) in [7, 11) is -4.06. The number of fused-ring (bicyclic) bond motifs is 2. The molecule has 0 amide bonds. The maximum Gasteiger partial charge on any atom is 0.265 e. The lowest BCUT2D eigenvalue weighted by molar-refractivity contribution is 0.357. The van der Waals surface area contributed by atoms with Crippen LogP contribution in [0.2, 0.25) is 0 Å². The van der Waals surface area contributed by atoms with E-state index in [0.717, 1.165) is 11.1 Å². The number of nitrogens with two attached hydrogens (primary N) is 1. The average Bonchev–Trinajstić information content (AvgIpc) is 2.82. The van der Waals surface area contributed by atoms with Crippen molar-refractivity contribution in [3.63, 3.8) is 0 Å². The predicted octanol–water partition coefficient (Wildman–Crippen LogP) is 4.52. The zero-order chi connectivity index (χ0) is 23.2.